The number of methoxy groups -OCH3 is 1. The maximum Gasteiger partial charge on any atom is 0.118 e. The van der Waals surface area contributed by atoms with Gasteiger partial charge in [-0.05, 0) is 55.2 Å². The minimum Gasteiger partial charge on any atom is -0.497 e. The second kappa shape index (κ2) is 5.38. The van der Waals surface area contributed by atoms with E-state index in [2.05, 4.69) is 36.5 Å². The predicted octanol–water partition coefficient (Wildman–Crippen LogP) is 3.39. The van der Waals surface area contributed by atoms with Gasteiger partial charge in [-0.2, -0.15) is 0 Å². The molecule has 0 saturated heterocycles. The Balaban J connectivity index is 1.52. The van der Waals surface area contributed by atoms with E-state index in [1.54, 1.807) is 7.11 Å². The fourth-order valence-corrected chi connectivity index (χ4v) is 3.57. The Morgan fingerprint density at radius 3 is 2.58 bits per heavy atom. The Bertz CT molecular complexity index is 451. The van der Waals surface area contributed by atoms with Crippen LogP contribution in [0.2, 0.25) is 0 Å². The first-order valence-electron chi connectivity index (χ1n) is 7.31. The molecule has 2 bridgehead atoms. The lowest BCUT2D eigenvalue weighted by molar-refractivity contribution is 0.326. The average Bonchev–Trinajstić information content (AvgIpc) is 3.08. The molecule has 0 aliphatic heterocycles. The Kier molecular flexibility index (Phi) is 3.61. The highest BCUT2D eigenvalue weighted by atomic mass is 16.5. The third-order valence-electron chi connectivity index (χ3n) is 4.76. The van der Waals surface area contributed by atoms with E-state index in [-0.39, 0.29) is 0 Å². The van der Waals surface area contributed by atoms with Crippen LogP contribution in [-0.2, 0) is 6.54 Å². The quantitative estimate of drug-likeness (QED) is 0.816. The van der Waals surface area contributed by atoms with Crippen LogP contribution in [0.5, 0.6) is 5.75 Å². The summed E-state index contributed by atoms with van der Waals surface area (Å²) in [4.78, 5) is 0. The number of rotatable bonds is 5. The van der Waals surface area contributed by atoms with Gasteiger partial charge in [0.15, 0.2) is 0 Å². The van der Waals surface area contributed by atoms with E-state index in [0.717, 1.165) is 30.0 Å². The summed E-state index contributed by atoms with van der Waals surface area (Å²) in [6, 6.07) is 8.93. The van der Waals surface area contributed by atoms with Crippen molar-refractivity contribution in [1.82, 2.24) is 5.32 Å². The number of allylic oxidation sites excluding steroid dienone is 2. The van der Waals surface area contributed by atoms with Crippen molar-refractivity contribution >= 4 is 0 Å². The molecule has 1 saturated carbocycles. The van der Waals surface area contributed by atoms with E-state index in [9.17, 15) is 0 Å². The van der Waals surface area contributed by atoms with Gasteiger partial charge in [-0.15, -0.1) is 0 Å². The second-order valence-electron chi connectivity index (χ2n) is 5.96. The van der Waals surface area contributed by atoms with Gasteiger partial charge in [-0.1, -0.05) is 24.3 Å². The van der Waals surface area contributed by atoms with Crippen LogP contribution >= 0.6 is 0 Å². The van der Waals surface area contributed by atoms with Crippen molar-refractivity contribution in [2.24, 2.45) is 17.8 Å². The van der Waals surface area contributed by atoms with Crippen LogP contribution in [0, 0.1) is 17.8 Å². The average molecular weight is 257 g/mol. The van der Waals surface area contributed by atoms with Crippen molar-refractivity contribution in [1.29, 1.82) is 0 Å². The first-order chi connectivity index (χ1) is 9.26. The van der Waals surface area contributed by atoms with Gasteiger partial charge in [0.05, 0.1) is 7.11 Å². The first-order valence-corrected chi connectivity index (χ1v) is 7.31. The van der Waals surface area contributed by atoms with Gasteiger partial charge in [0.25, 0.3) is 0 Å². The van der Waals surface area contributed by atoms with Crippen molar-refractivity contribution in [3.05, 3.63) is 42.0 Å². The molecule has 102 valence electrons. The summed E-state index contributed by atoms with van der Waals surface area (Å²) in [6.07, 6.45) is 7.61. The van der Waals surface area contributed by atoms with E-state index in [1.165, 1.54) is 18.4 Å². The lowest BCUT2D eigenvalue weighted by atomic mass is 9.87. The smallest absolute Gasteiger partial charge is 0.118 e. The zero-order valence-electron chi connectivity index (χ0n) is 11.8. The lowest BCUT2D eigenvalue weighted by Gasteiger charge is -2.26. The molecule has 0 spiro atoms. The highest BCUT2D eigenvalue weighted by Gasteiger charge is 2.38. The molecule has 2 nitrogen and oxygen atoms in total. The van der Waals surface area contributed by atoms with Crippen molar-refractivity contribution in [3.8, 4) is 5.75 Å². The highest BCUT2D eigenvalue weighted by molar-refractivity contribution is 5.27. The molecule has 2 aliphatic carbocycles. The number of fused-ring (bicyclic) bond motifs is 2. The van der Waals surface area contributed by atoms with Crippen LogP contribution in [0.3, 0.4) is 0 Å². The second-order valence-corrected chi connectivity index (χ2v) is 5.96. The Hall–Kier alpha value is -1.28. The molecule has 4 unspecified atom stereocenters. The first kappa shape index (κ1) is 12.7. The molecule has 1 aromatic rings. The Labute approximate surface area is 115 Å². The topological polar surface area (TPSA) is 21.3 Å². The third kappa shape index (κ3) is 2.69. The zero-order valence-corrected chi connectivity index (χ0v) is 11.8. The molecule has 3 rings (SSSR count). The summed E-state index contributed by atoms with van der Waals surface area (Å²) in [7, 11) is 1.71. The predicted molar refractivity (Wildman–Crippen MR) is 78.1 cm³/mol. The largest absolute Gasteiger partial charge is 0.497 e. The fourth-order valence-electron chi connectivity index (χ4n) is 3.57. The van der Waals surface area contributed by atoms with E-state index < -0.39 is 0 Å². The standard InChI is InChI=1S/C17H23NO/c1-12(17-10-14-3-6-15(17)9-14)18-11-13-4-7-16(19-2)8-5-13/h3-8,12,14-15,17-18H,9-11H2,1-2H3. The summed E-state index contributed by atoms with van der Waals surface area (Å²) in [5.41, 5.74) is 1.33. The lowest BCUT2D eigenvalue weighted by Crippen LogP contribution is -2.35. The van der Waals surface area contributed by atoms with Crippen LogP contribution in [-0.4, -0.2) is 13.2 Å². The molecule has 0 heterocycles. The molecular formula is C17H23NO. The van der Waals surface area contributed by atoms with E-state index >= 15 is 0 Å². The summed E-state index contributed by atoms with van der Waals surface area (Å²) < 4.78 is 5.18. The minimum atomic E-state index is 0.599. The van der Waals surface area contributed by atoms with Gasteiger partial charge in [0.1, 0.15) is 5.75 Å². The van der Waals surface area contributed by atoms with Gasteiger partial charge in [0.2, 0.25) is 0 Å². The van der Waals surface area contributed by atoms with Gasteiger partial charge >= 0.3 is 0 Å². The molecule has 0 radical (unpaired) electrons. The van der Waals surface area contributed by atoms with Gasteiger partial charge in [-0.3, -0.25) is 0 Å². The molecular weight excluding hydrogens is 234 g/mol. The molecule has 2 aliphatic rings. The highest BCUT2D eigenvalue weighted by Crippen LogP contribution is 2.44. The molecule has 4 atom stereocenters. The maximum absolute atomic E-state index is 5.18. The number of benzene rings is 1. The summed E-state index contributed by atoms with van der Waals surface area (Å²) in [5.74, 6) is 3.44. The van der Waals surface area contributed by atoms with Crippen molar-refractivity contribution < 1.29 is 4.74 Å². The van der Waals surface area contributed by atoms with Gasteiger partial charge < -0.3 is 10.1 Å². The molecule has 19 heavy (non-hydrogen) atoms. The number of nitrogens with one attached hydrogen (secondary N) is 1. The van der Waals surface area contributed by atoms with Crippen LogP contribution in [0.25, 0.3) is 0 Å². The molecule has 1 aromatic carbocycles. The monoisotopic (exact) mass is 257 g/mol. The molecule has 0 aromatic heterocycles. The maximum atomic E-state index is 5.18. The minimum absolute atomic E-state index is 0.599. The SMILES string of the molecule is COc1ccc(CNC(C)C2CC3C=CC2C3)cc1. The van der Waals surface area contributed by atoms with E-state index in [1.807, 2.05) is 12.1 Å². The van der Waals surface area contributed by atoms with Crippen molar-refractivity contribution in [3.63, 3.8) is 0 Å². The van der Waals surface area contributed by atoms with Crippen LogP contribution < -0.4 is 10.1 Å². The van der Waals surface area contributed by atoms with Crippen LogP contribution in [0.4, 0.5) is 0 Å². The molecule has 1 fully saturated rings. The third-order valence-corrected chi connectivity index (χ3v) is 4.76. The zero-order chi connectivity index (χ0) is 13.2. The van der Waals surface area contributed by atoms with E-state index in [0.29, 0.717) is 6.04 Å². The number of hydrogen-bond donors (Lipinski definition) is 1. The summed E-state index contributed by atoms with van der Waals surface area (Å²) in [5, 5.41) is 3.69. The van der Waals surface area contributed by atoms with Crippen molar-refractivity contribution in [2.75, 3.05) is 7.11 Å². The van der Waals surface area contributed by atoms with Gasteiger partial charge in [0, 0.05) is 12.6 Å². The van der Waals surface area contributed by atoms with Crippen LogP contribution in [0.15, 0.2) is 36.4 Å². The fraction of sp³-hybridized carbons (Fsp3) is 0.529. The van der Waals surface area contributed by atoms with Crippen molar-refractivity contribution in [2.45, 2.75) is 32.4 Å². The molecule has 0 amide bonds. The summed E-state index contributed by atoms with van der Waals surface area (Å²) in [6.45, 7) is 3.28. The summed E-state index contributed by atoms with van der Waals surface area (Å²) >= 11 is 0. The molecule has 1 N–H and O–H groups in total. The Morgan fingerprint density at radius 1 is 1.21 bits per heavy atom. The number of hydrogen-bond acceptors (Lipinski definition) is 2. The normalized spacial score (nSPS) is 29.7. The molecule has 2 heteroatoms. The van der Waals surface area contributed by atoms with Crippen LogP contribution in [0.1, 0.15) is 25.3 Å². The van der Waals surface area contributed by atoms with Gasteiger partial charge in [-0.25, -0.2) is 0 Å². The Morgan fingerprint density at radius 2 is 2.00 bits per heavy atom. The number of ether oxygens (including phenoxy) is 1. The van der Waals surface area contributed by atoms with E-state index in [4.69, 9.17) is 4.74 Å².